The molecule has 0 atom stereocenters. The number of ketones is 1. The fourth-order valence-corrected chi connectivity index (χ4v) is 5.63. The van der Waals surface area contributed by atoms with Crippen LogP contribution in [0.25, 0.3) is 16.1 Å². The van der Waals surface area contributed by atoms with Gasteiger partial charge in [-0.05, 0) is 68.0 Å². The highest BCUT2D eigenvalue weighted by Crippen LogP contribution is 2.36. The number of Topliss-reactive ketones (excluding diaryl/α,β-unsaturated/α-hetero) is 1. The molecule has 1 aliphatic rings. The van der Waals surface area contributed by atoms with Crippen LogP contribution in [0.3, 0.4) is 0 Å². The van der Waals surface area contributed by atoms with Crippen LogP contribution in [0.15, 0.2) is 54.2 Å². The monoisotopic (exact) mass is 570 g/mol. The van der Waals surface area contributed by atoms with Crippen molar-refractivity contribution in [3.8, 4) is 16.9 Å². The van der Waals surface area contributed by atoms with Crippen LogP contribution >= 0.6 is 11.3 Å². The van der Waals surface area contributed by atoms with E-state index in [1.54, 1.807) is 23.1 Å². The normalized spacial score (nSPS) is 13.8. The fourth-order valence-electron chi connectivity index (χ4n) is 4.91. The lowest BCUT2D eigenvalue weighted by atomic mass is 9.85. The van der Waals surface area contributed by atoms with Gasteiger partial charge in [0.1, 0.15) is 5.75 Å². The average molecular weight is 571 g/mol. The van der Waals surface area contributed by atoms with Gasteiger partial charge < -0.3 is 15.0 Å². The Bertz CT molecular complexity index is 1540. The van der Waals surface area contributed by atoms with Crippen LogP contribution in [0.2, 0.25) is 0 Å². The van der Waals surface area contributed by atoms with Crippen LogP contribution in [-0.4, -0.2) is 44.5 Å². The number of aryl methyl sites for hydroxylation is 1. The maximum Gasteiger partial charge on any atom is 0.573 e. The van der Waals surface area contributed by atoms with Crippen LogP contribution in [0.1, 0.15) is 54.4 Å². The highest BCUT2D eigenvalue weighted by Gasteiger charge is 2.32. The maximum absolute atomic E-state index is 13.5. The van der Waals surface area contributed by atoms with Gasteiger partial charge in [-0.3, -0.25) is 9.20 Å². The minimum atomic E-state index is -4.81. The molecule has 3 heterocycles. The van der Waals surface area contributed by atoms with Crippen molar-refractivity contribution in [2.45, 2.75) is 58.5 Å². The number of rotatable bonds is 6. The molecule has 2 amide bonds. The van der Waals surface area contributed by atoms with Crippen molar-refractivity contribution in [2.24, 2.45) is 0 Å². The van der Waals surface area contributed by atoms with Gasteiger partial charge in [-0.2, -0.15) is 0 Å². The maximum atomic E-state index is 13.5. The number of carbonyl (C=O) groups excluding carboxylic acids is 2. The van der Waals surface area contributed by atoms with Gasteiger partial charge in [0.25, 0.3) is 0 Å². The number of halogens is 3. The van der Waals surface area contributed by atoms with Crippen LogP contribution in [0.5, 0.6) is 5.75 Å². The summed E-state index contributed by atoms with van der Waals surface area (Å²) >= 11 is 1.52. The Morgan fingerprint density at radius 3 is 2.65 bits per heavy atom. The third-order valence-corrected chi connectivity index (χ3v) is 7.38. The Hall–Kier alpha value is -3.86. The minimum absolute atomic E-state index is 0.0774. The zero-order chi connectivity index (χ0) is 28.7. The first-order valence-electron chi connectivity index (χ1n) is 12.9. The Balaban J connectivity index is 1.47. The summed E-state index contributed by atoms with van der Waals surface area (Å²) in [6, 6.07) is 9.06. The number of amides is 2. The van der Waals surface area contributed by atoms with Crippen molar-refractivity contribution in [3.05, 3.63) is 76.6 Å². The molecule has 1 aliphatic heterocycles. The molecule has 0 fully saturated rings. The zero-order valence-electron chi connectivity index (χ0n) is 22.3. The van der Waals surface area contributed by atoms with Crippen molar-refractivity contribution >= 4 is 28.1 Å². The van der Waals surface area contributed by atoms with Crippen molar-refractivity contribution in [1.29, 1.82) is 0 Å². The van der Waals surface area contributed by atoms with Gasteiger partial charge >= 0.3 is 12.4 Å². The first-order valence-corrected chi connectivity index (χ1v) is 13.8. The van der Waals surface area contributed by atoms with Crippen LogP contribution in [0, 0.1) is 0 Å². The molecule has 0 saturated heterocycles. The lowest BCUT2D eigenvalue weighted by Gasteiger charge is -2.34. The van der Waals surface area contributed by atoms with Crippen LogP contribution in [0.4, 0.5) is 18.0 Å². The number of nitrogens with one attached hydrogen (secondary N) is 1. The molecule has 7 nitrogen and oxygen atoms in total. The standard InChI is InChI=1S/C29H29F3N4O3S/c1-28(2,3)34-26(38)35-12-11-22-21(18-5-4-6-20(15-18)39-29(30,31)32)8-9-23(24(22)17-35)25(37)10-7-19-16-36-13-14-40-27(36)33-19/h4-6,8-9,13-16H,7,10-12,17H2,1-3H3,(H,34,38). The topological polar surface area (TPSA) is 75.9 Å². The molecule has 0 spiro atoms. The number of alkyl halides is 3. The van der Waals surface area contributed by atoms with Gasteiger partial charge in [0.2, 0.25) is 0 Å². The molecule has 0 radical (unpaired) electrons. The van der Waals surface area contributed by atoms with Gasteiger partial charge in [0.05, 0.1) is 5.69 Å². The number of hydrogen-bond acceptors (Lipinski definition) is 5. The molecule has 210 valence electrons. The zero-order valence-corrected chi connectivity index (χ0v) is 23.2. The summed E-state index contributed by atoms with van der Waals surface area (Å²) in [6.07, 6.45) is 0.171. The lowest BCUT2D eigenvalue weighted by Crippen LogP contribution is -2.50. The Kier molecular flexibility index (Phi) is 7.34. The van der Waals surface area contributed by atoms with E-state index in [-0.39, 0.29) is 30.5 Å². The van der Waals surface area contributed by atoms with E-state index in [1.807, 2.05) is 42.9 Å². The molecule has 2 aromatic carbocycles. The summed E-state index contributed by atoms with van der Waals surface area (Å²) in [5.74, 6) is -0.396. The van der Waals surface area contributed by atoms with Gasteiger partial charge in [0, 0.05) is 48.4 Å². The summed E-state index contributed by atoms with van der Waals surface area (Å²) in [4.78, 5) is 33.6. The van der Waals surface area contributed by atoms with Gasteiger partial charge in [-0.1, -0.05) is 24.3 Å². The minimum Gasteiger partial charge on any atom is -0.406 e. The van der Waals surface area contributed by atoms with Crippen LogP contribution in [-0.2, 0) is 19.4 Å². The number of fused-ring (bicyclic) bond motifs is 2. The van der Waals surface area contributed by atoms with E-state index in [9.17, 15) is 22.8 Å². The summed E-state index contributed by atoms with van der Waals surface area (Å²) in [7, 11) is 0. The van der Waals surface area contributed by atoms with Gasteiger partial charge in [0.15, 0.2) is 10.7 Å². The summed E-state index contributed by atoms with van der Waals surface area (Å²) in [6.45, 7) is 6.30. The number of urea groups is 1. The van der Waals surface area contributed by atoms with Gasteiger partial charge in [-0.15, -0.1) is 24.5 Å². The van der Waals surface area contributed by atoms with E-state index in [1.165, 1.54) is 29.5 Å². The highest BCUT2D eigenvalue weighted by molar-refractivity contribution is 7.15. The Morgan fingerprint density at radius 2 is 1.93 bits per heavy atom. The third-order valence-electron chi connectivity index (χ3n) is 6.61. The molecule has 4 aromatic rings. The van der Waals surface area contributed by atoms with Gasteiger partial charge in [-0.25, -0.2) is 9.78 Å². The SMILES string of the molecule is CC(C)(C)NC(=O)N1CCc2c(-c3cccc(OC(F)(F)F)c3)ccc(C(=O)CCc3cn4ccsc4n3)c2C1. The number of aromatic nitrogens is 2. The molecular weight excluding hydrogens is 541 g/mol. The molecule has 2 aromatic heterocycles. The largest absolute Gasteiger partial charge is 0.573 e. The fraction of sp³-hybridized carbons (Fsp3) is 0.345. The number of imidazole rings is 1. The summed E-state index contributed by atoms with van der Waals surface area (Å²) in [5, 5.41) is 4.91. The van der Waals surface area contributed by atoms with Crippen molar-refractivity contribution in [2.75, 3.05) is 6.54 Å². The number of benzene rings is 2. The third kappa shape index (κ3) is 6.30. The number of thiazole rings is 1. The van der Waals surface area contributed by atoms with Crippen molar-refractivity contribution in [1.82, 2.24) is 19.6 Å². The summed E-state index contributed by atoms with van der Waals surface area (Å²) < 4.78 is 44.6. The molecular formula is C29H29F3N4O3S. The molecule has 40 heavy (non-hydrogen) atoms. The van der Waals surface area contributed by atoms with E-state index in [0.29, 0.717) is 41.6 Å². The van der Waals surface area contributed by atoms with Crippen molar-refractivity contribution in [3.63, 3.8) is 0 Å². The second kappa shape index (κ2) is 10.6. The molecule has 0 unspecified atom stereocenters. The second-order valence-corrected chi connectivity index (χ2v) is 11.7. The number of carbonyl (C=O) groups is 2. The predicted octanol–water partition coefficient (Wildman–Crippen LogP) is 6.64. The van der Waals surface area contributed by atoms with E-state index < -0.39 is 11.9 Å². The van der Waals surface area contributed by atoms with E-state index in [2.05, 4.69) is 15.0 Å². The molecule has 0 bridgehead atoms. The average Bonchev–Trinajstić information content (AvgIpc) is 3.46. The molecule has 5 rings (SSSR count). The summed E-state index contributed by atoms with van der Waals surface area (Å²) in [5.41, 5.74) is 3.71. The quantitative estimate of drug-likeness (QED) is 0.264. The molecule has 0 saturated carbocycles. The molecule has 11 heteroatoms. The predicted molar refractivity (Wildman–Crippen MR) is 147 cm³/mol. The second-order valence-electron chi connectivity index (χ2n) is 10.8. The van der Waals surface area contributed by atoms with Crippen molar-refractivity contribution < 1.29 is 27.5 Å². The Morgan fingerprint density at radius 1 is 1.12 bits per heavy atom. The Labute approximate surface area is 233 Å². The molecule has 1 N–H and O–H groups in total. The first kappa shape index (κ1) is 27.7. The number of nitrogens with zero attached hydrogens (tertiary/aromatic N) is 3. The van der Waals surface area contributed by atoms with E-state index in [4.69, 9.17) is 0 Å². The first-order chi connectivity index (χ1) is 18.9. The van der Waals surface area contributed by atoms with E-state index >= 15 is 0 Å². The number of ether oxygens (including phenoxy) is 1. The highest BCUT2D eigenvalue weighted by atomic mass is 32.1. The number of hydrogen-bond donors (Lipinski definition) is 1. The molecule has 0 aliphatic carbocycles. The smallest absolute Gasteiger partial charge is 0.406 e. The lowest BCUT2D eigenvalue weighted by molar-refractivity contribution is -0.274. The van der Waals surface area contributed by atoms with Crippen LogP contribution < -0.4 is 10.1 Å². The van der Waals surface area contributed by atoms with E-state index in [0.717, 1.165) is 16.2 Å².